The third-order valence-electron chi connectivity index (χ3n) is 4.10. The molecule has 1 aromatic carbocycles. The highest BCUT2D eigenvalue weighted by Gasteiger charge is 2.20. The van der Waals surface area contributed by atoms with E-state index in [-0.39, 0.29) is 17.5 Å². The molecule has 1 atom stereocenters. The number of nitriles is 1. The highest BCUT2D eigenvalue weighted by molar-refractivity contribution is 7.20. The highest BCUT2D eigenvalue weighted by Crippen LogP contribution is 2.27. The first-order valence-corrected chi connectivity index (χ1v) is 8.49. The predicted molar refractivity (Wildman–Crippen MR) is 96.6 cm³/mol. The van der Waals surface area contributed by atoms with Crippen LogP contribution in [0.2, 0.25) is 0 Å². The second-order valence-corrected chi connectivity index (χ2v) is 6.82. The average Bonchev–Trinajstić information content (AvgIpc) is 2.95. The number of aromatic nitrogens is 2. The Morgan fingerprint density at radius 1 is 1.36 bits per heavy atom. The van der Waals surface area contributed by atoms with Crippen LogP contribution in [0.25, 0.3) is 10.2 Å². The molecule has 1 N–H and O–H groups in total. The van der Waals surface area contributed by atoms with E-state index in [1.165, 1.54) is 22.2 Å². The first kappa shape index (κ1) is 16.9. The van der Waals surface area contributed by atoms with Gasteiger partial charge in [-0.1, -0.05) is 12.1 Å². The van der Waals surface area contributed by atoms with Gasteiger partial charge in [-0.2, -0.15) is 5.26 Å². The summed E-state index contributed by atoms with van der Waals surface area (Å²) in [6.07, 6.45) is 1.46. The molecule has 0 fully saturated rings. The van der Waals surface area contributed by atoms with Gasteiger partial charge in [-0.3, -0.25) is 9.59 Å². The van der Waals surface area contributed by atoms with E-state index in [1.807, 2.05) is 19.1 Å². The summed E-state index contributed by atoms with van der Waals surface area (Å²) in [5, 5.41) is 12.3. The van der Waals surface area contributed by atoms with Gasteiger partial charge in [0.15, 0.2) is 0 Å². The van der Waals surface area contributed by atoms with Crippen LogP contribution in [0.5, 0.6) is 0 Å². The Morgan fingerprint density at radius 3 is 2.68 bits per heavy atom. The number of amides is 1. The lowest BCUT2D eigenvalue weighted by Crippen LogP contribution is -2.26. The summed E-state index contributed by atoms with van der Waals surface area (Å²) in [6, 6.07) is 8.92. The van der Waals surface area contributed by atoms with Crippen molar-refractivity contribution in [2.24, 2.45) is 7.05 Å². The monoisotopic (exact) mass is 352 g/mol. The number of fused-ring (bicyclic) bond motifs is 1. The lowest BCUT2D eigenvalue weighted by atomic mass is 10.1. The molecule has 6 nitrogen and oxygen atoms in total. The van der Waals surface area contributed by atoms with Crippen LogP contribution in [0, 0.1) is 18.3 Å². The van der Waals surface area contributed by atoms with Gasteiger partial charge >= 0.3 is 0 Å². The van der Waals surface area contributed by atoms with Crippen molar-refractivity contribution in [2.45, 2.75) is 19.9 Å². The van der Waals surface area contributed by atoms with Crippen LogP contribution < -0.4 is 10.9 Å². The van der Waals surface area contributed by atoms with Gasteiger partial charge in [-0.05, 0) is 37.1 Å². The summed E-state index contributed by atoms with van der Waals surface area (Å²) in [5.41, 5.74) is 1.97. The maximum absolute atomic E-state index is 12.6. The smallest absolute Gasteiger partial charge is 0.262 e. The first-order valence-electron chi connectivity index (χ1n) is 7.68. The predicted octanol–water partition coefficient (Wildman–Crippen LogP) is 2.67. The summed E-state index contributed by atoms with van der Waals surface area (Å²) in [4.78, 5) is 30.2. The number of carbonyl (C=O) groups excluding carboxylic acids is 1. The summed E-state index contributed by atoms with van der Waals surface area (Å²) in [7, 11) is 1.64. The van der Waals surface area contributed by atoms with Gasteiger partial charge in [-0.25, -0.2) is 4.98 Å². The van der Waals surface area contributed by atoms with Gasteiger partial charge in [-0.15, -0.1) is 11.3 Å². The molecule has 0 aliphatic heterocycles. The fourth-order valence-electron chi connectivity index (χ4n) is 2.62. The number of hydrogen-bond acceptors (Lipinski definition) is 5. The molecule has 2 heterocycles. The van der Waals surface area contributed by atoms with Crippen molar-refractivity contribution in [1.29, 1.82) is 5.26 Å². The Balaban J connectivity index is 1.89. The van der Waals surface area contributed by atoms with E-state index < -0.39 is 0 Å². The molecule has 0 saturated carbocycles. The van der Waals surface area contributed by atoms with Crippen LogP contribution in [0.15, 0.2) is 35.4 Å². The molecule has 0 saturated heterocycles. The van der Waals surface area contributed by atoms with E-state index in [1.54, 1.807) is 26.1 Å². The average molecular weight is 352 g/mol. The van der Waals surface area contributed by atoms with Crippen molar-refractivity contribution in [3.8, 4) is 6.07 Å². The quantitative estimate of drug-likeness (QED) is 0.785. The minimum Gasteiger partial charge on any atom is -0.345 e. The molecule has 3 rings (SSSR count). The van der Waals surface area contributed by atoms with E-state index in [0.29, 0.717) is 26.2 Å². The van der Waals surface area contributed by atoms with Gasteiger partial charge in [0.2, 0.25) is 0 Å². The van der Waals surface area contributed by atoms with Crippen LogP contribution in [0.4, 0.5) is 0 Å². The molecule has 1 amide bonds. The second-order valence-electron chi connectivity index (χ2n) is 5.83. The number of aryl methyl sites for hydroxylation is 2. The van der Waals surface area contributed by atoms with E-state index in [2.05, 4.69) is 16.4 Å². The van der Waals surface area contributed by atoms with Gasteiger partial charge < -0.3 is 9.88 Å². The van der Waals surface area contributed by atoms with E-state index >= 15 is 0 Å². The minimum atomic E-state index is -0.237. The van der Waals surface area contributed by atoms with Crippen molar-refractivity contribution >= 4 is 27.5 Å². The number of nitrogens with zero attached hydrogens (tertiary/aromatic N) is 3. The van der Waals surface area contributed by atoms with Crippen molar-refractivity contribution in [1.82, 2.24) is 14.9 Å². The number of rotatable bonds is 3. The Morgan fingerprint density at radius 2 is 2.04 bits per heavy atom. The Labute approximate surface area is 148 Å². The van der Waals surface area contributed by atoms with E-state index in [9.17, 15) is 9.59 Å². The Hall–Kier alpha value is -2.98. The third kappa shape index (κ3) is 3.04. The Bertz CT molecular complexity index is 1060. The Kier molecular flexibility index (Phi) is 4.38. The summed E-state index contributed by atoms with van der Waals surface area (Å²) >= 11 is 1.22. The van der Waals surface area contributed by atoms with Crippen LogP contribution in [0.1, 0.15) is 39.3 Å². The molecule has 0 spiro atoms. The fraction of sp³-hybridized carbons (Fsp3) is 0.222. The standard InChI is InChI=1S/C18H16N4O2S/c1-10-14-17(20-9-22(3)18(14)24)25-15(10)16(23)21-11(2)13-6-4-12(8-19)5-7-13/h4-7,9,11H,1-3H3,(H,21,23). The molecule has 0 radical (unpaired) electrons. The maximum Gasteiger partial charge on any atom is 0.262 e. The molecular formula is C18H16N4O2S. The van der Waals surface area contributed by atoms with Crippen molar-refractivity contribution in [3.05, 3.63) is 62.5 Å². The highest BCUT2D eigenvalue weighted by atomic mass is 32.1. The largest absolute Gasteiger partial charge is 0.345 e. The SMILES string of the molecule is Cc1c(C(=O)NC(C)c2ccc(C#N)cc2)sc2ncn(C)c(=O)c12. The number of hydrogen-bond donors (Lipinski definition) is 1. The number of nitrogens with one attached hydrogen (secondary N) is 1. The van der Waals surface area contributed by atoms with Gasteiger partial charge in [0.1, 0.15) is 4.83 Å². The molecule has 25 heavy (non-hydrogen) atoms. The third-order valence-corrected chi connectivity index (χ3v) is 5.30. The van der Waals surface area contributed by atoms with Gasteiger partial charge in [0, 0.05) is 7.05 Å². The van der Waals surface area contributed by atoms with Crippen molar-refractivity contribution < 1.29 is 4.79 Å². The molecule has 1 unspecified atom stereocenters. The first-order chi connectivity index (χ1) is 11.9. The lowest BCUT2D eigenvalue weighted by molar-refractivity contribution is 0.0943. The fourth-order valence-corrected chi connectivity index (χ4v) is 3.66. The zero-order valence-electron chi connectivity index (χ0n) is 14.0. The van der Waals surface area contributed by atoms with Gasteiger partial charge in [0.05, 0.1) is 34.3 Å². The molecule has 2 aromatic heterocycles. The maximum atomic E-state index is 12.6. The van der Waals surface area contributed by atoms with Crippen LogP contribution in [-0.4, -0.2) is 15.5 Å². The van der Waals surface area contributed by atoms with Crippen molar-refractivity contribution in [3.63, 3.8) is 0 Å². The number of benzene rings is 1. The summed E-state index contributed by atoms with van der Waals surface area (Å²) < 4.78 is 1.41. The topological polar surface area (TPSA) is 87.8 Å². The zero-order valence-corrected chi connectivity index (χ0v) is 14.8. The molecule has 3 aromatic rings. The van der Waals surface area contributed by atoms with E-state index in [4.69, 9.17) is 5.26 Å². The van der Waals surface area contributed by atoms with Crippen molar-refractivity contribution in [2.75, 3.05) is 0 Å². The van der Waals surface area contributed by atoms with Crippen LogP contribution >= 0.6 is 11.3 Å². The zero-order chi connectivity index (χ0) is 18.1. The number of carbonyl (C=O) groups is 1. The molecule has 126 valence electrons. The van der Waals surface area contributed by atoms with Gasteiger partial charge in [0.25, 0.3) is 11.5 Å². The second kappa shape index (κ2) is 6.49. The summed E-state index contributed by atoms with van der Waals surface area (Å²) in [6.45, 7) is 3.64. The molecular weight excluding hydrogens is 336 g/mol. The minimum absolute atomic E-state index is 0.155. The van der Waals surface area contributed by atoms with E-state index in [0.717, 1.165) is 5.56 Å². The summed E-state index contributed by atoms with van der Waals surface area (Å²) in [5.74, 6) is -0.237. The van der Waals surface area contributed by atoms with Crippen LogP contribution in [0.3, 0.4) is 0 Å². The molecule has 0 bridgehead atoms. The molecule has 0 aliphatic carbocycles. The van der Waals surface area contributed by atoms with Crippen LogP contribution in [-0.2, 0) is 7.05 Å². The number of thiophene rings is 1. The molecule has 7 heteroatoms. The normalized spacial score (nSPS) is 11.9. The lowest BCUT2D eigenvalue weighted by Gasteiger charge is -2.14. The molecule has 0 aliphatic rings.